The van der Waals surface area contributed by atoms with Crippen molar-refractivity contribution in [2.75, 3.05) is 27.1 Å². The molecule has 90 valence electrons. The molecule has 4 nitrogen and oxygen atoms in total. The Morgan fingerprint density at radius 3 is 2.31 bits per heavy atom. The van der Waals surface area contributed by atoms with E-state index in [1.807, 2.05) is 0 Å². The molecule has 0 aliphatic heterocycles. The van der Waals surface area contributed by atoms with Crippen LogP contribution in [0, 0.1) is 5.82 Å². The third-order valence-corrected chi connectivity index (χ3v) is 2.33. The molecule has 1 rings (SSSR count). The molecule has 0 saturated carbocycles. The number of benzene rings is 1. The van der Waals surface area contributed by atoms with Gasteiger partial charge in [0.25, 0.3) is 0 Å². The van der Waals surface area contributed by atoms with Gasteiger partial charge in [0.05, 0.1) is 17.3 Å². The van der Waals surface area contributed by atoms with E-state index >= 15 is 0 Å². The summed E-state index contributed by atoms with van der Waals surface area (Å²) < 4.78 is 22.4. The van der Waals surface area contributed by atoms with E-state index in [4.69, 9.17) is 10.5 Å². The molecule has 0 aliphatic carbocycles. The zero-order chi connectivity index (χ0) is 12.7. The summed E-state index contributed by atoms with van der Waals surface area (Å²) in [6, 6.07) is 1.37. The summed E-state index contributed by atoms with van der Waals surface area (Å²) in [7, 11) is 4.63. The first-order valence-corrected chi connectivity index (χ1v) is 4.99. The van der Waals surface area contributed by atoms with Gasteiger partial charge in [-0.3, -0.25) is 4.79 Å². The van der Waals surface area contributed by atoms with E-state index in [-0.39, 0.29) is 21.5 Å². The molecule has 0 fully saturated rings. The minimum absolute atomic E-state index is 0.0811. The van der Waals surface area contributed by atoms with E-state index < -0.39 is 5.82 Å². The van der Waals surface area contributed by atoms with E-state index in [9.17, 15) is 9.18 Å². The van der Waals surface area contributed by atoms with Gasteiger partial charge < -0.3 is 15.2 Å². The third kappa shape index (κ3) is 3.46. The highest BCUT2D eigenvalue weighted by Gasteiger charge is 2.14. The molecule has 0 heterocycles. The molecule has 0 bridgehead atoms. The summed E-state index contributed by atoms with van der Waals surface area (Å²) in [6.45, 7) is 0. The van der Waals surface area contributed by atoms with Gasteiger partial charge in [0, 0.05) is 19.8 Å². The van der Waals surface area contributed by atoms with Gasteiger partial charge in [-0.1, -0.05) is 0 Å². The fourth-order valence-electron chi connectivity index (χ4n) is 0.882. The second-order valence-electron chi connectivity index (χ2n) is 2.74. The van der Waals surface area contributed by atoms with Gasteiger partial charge in [0.1, 0.15) is 5.75 Å². The zero-order valence-corrected chi connectivity index (χ0v) is 10.8. The Kier molecular flexibility index (Phi) is 6.67. The summed E-state index contributed by atoms with van der Waals surface area (Å²) in [5.41, 5.74) is 5.23. The van der Waals surface area contributed by atoms with Crippen molar-refractivity contribution in [3.63, 3.8) is 0 Å². The van der Waals surface area contributed by atoms with Crippen molar-refractivity contribution in [2.24, 2.45) is 0 Å². The maximum absolute atomic E-state index is 13.2. The zero-order valence-electron chi connectivity index (χ0n) is 9.21. The third-order valence-electron chi connectivity index (χ3n) is 1.59. The van der Waals surface area contributed by atoms with Gasteiger partial charge in [0.15, 0.2) is 12.1 Å². The Bertz CT molecular complexity index is 372. The minimum atomic E-state index is -0.679. The van der Waals surface area contributed by atoms with Gasteiger partial charge >= 0.3 is 0 Å². The number of ether oxygens (including phenoxy) is 2. The van der Waals surface area contributed by atoms with Crippen molar-refractivity contribution >= 4 is 27.9 Å². The number of carbonyl (C=O) groups is 1. The van der Waals surface area contributed by atoms with Crippen LogP contribution >= 0.6 is 15.9 Å². The highest BCUT2D eigenvalue weighted by molar-refractivity contribution is 9.10. The molecule has 0 atom stereocenters. The van der Waals surface area contributed by atoms with E-state index in [0.717, 1.165) is 0 Å². The maximum Gasteiger partial charge on any atom is 0.164 e. The molecule has 0 unspecified atom stereocenters. The lowest BCUT2D eigenvalue weighted by Crippen LogP contribution is -2.00. The molecule has 1 aromatic carbocycles. The van der Waals surface area contributed by atoms with Crippen LogP contribution in [-0.2, 0) is 4.74 Å². The van der Waals surface area contributed by atoms with Crippen molar-refractivity contribution in [1.29, 1.82) is 0 Å². The average Bonchev–Trinajstić information content (AvgIpc) is 2.28. The number of hydrogen-bond donors (Lipinski definition) is 1. The second kappa shape index (κ2) is 7.19. The molecule has 6 heteroatoms. The molecule has 16 heavy (non-hydrogen) atoms. The van der Waals surface area contributed by atoms with E-state index in [1.54, 1.807) is 14.2 Å². The van der Waals surface area contributed by atoms with Crippen LogP contribution in [0.4, 0.5) is 10.1 Å². The number of nitrogen functional groups attached to an aromatic ring is 1. The summed E-state index contributed by atoms with van der Waals surface area (Å²) in [4.78, 5) is 10.4. The maximum atomic E-state index is 13.2. The number of hydrogen-bond acceptors (Lipinski definition) is 4. The summed E-state index contributed by atoms with van der Waals surface area (Å²) >= 11 is 2.96. The first-order valence-electron chi connectivity index (χ1n) is 4.20. The van der Waals surface area contributed by atoms with Crippen LogP contribution in [0.5, 0.6) is 5.75 Å². The van der Waals surface area contributed by atoms with Crippen LogP contribution in [0.15, 0.2) is 10.5 Å². The molecule has 0 amide bonds. The number of halogens is 2. The van der Waals surface area contributed by atoms with Gasteiger partial charge in [-0.2, -0.15) is 0 Å². The van der Waals surface area contributed by atoms with Crippen LogP contribution in [-0.4, -0.2) is 27.6 Å². The number of aldehydes is 1. The first-order chi connectivity index (χ1) is 7.53. The Morgan fingerprint density at radius 1 is 1.44 bits per heavy atom. The lowest BCUT2D eigenvalue weighted by atomic mass is 10.2. The van der Waals surface area contributed by atoms with Crippen molar-refractivity contribution in [2.45, 2.75) is 0 Å². The largest absolute Gasteiger partial charge is 0.495 e. The van der Waals surface area contributed by atoms with Crippen molar-refractivity contribution in [3.05, 3.63) is 21.9 Å². The fraction of sp³-hybridized carbons (Fsp3) is 0.300. The standard InChI is InChI=1S/C8H7BrFNO2.C2H6O/c1-13-5-2-4(3-12)8(11)7(10)6(5)9;1-3-2/h2-3H,11H2,1H3;1-2H3. The Labute approximate surface area is 102 Å². The van der Waals surface area contributed by atoms with Crippen LogP contribution in [0.1, 0.15) is 10.4 Å². The summed E-state index contributed by atoms with van der Waals surface area (Å²) in [5, 5.41) is 0. The monoisotopic (exact) mass is 293 g/mol. The van der Waals surface area contributed by atoms with Crippen LogP contribution in [0.25, 0.3) is 0 Å². The van der Waals surface area contributed by atoms with Crippen molar-refractivity contribution < 1.29 is 18.7 Å². The summed E-state index contributed by atoms with van der Waals surface area (Å²) in [6.07, 6.45) is 0.480. The predicted molar refractivity (Wildman–Crippen MR) is 63.4 cm³/mol. The first kappa shape index (κ1) is 14.9. The Hall–Kier alpha value is -1.14. The SMILES string of the molecule is COC.COc1cc(C=O)c(N)c(F)c1Br. The Morgan fingerprint density at radius 2 is 1.94 bits per heavy atom. The van der Waals surface area contributed by atoms with Crippen LogP contribution in [0.3, 0.4) is 0 Å². The number of carbonyl (C=O) groups excluding carboxylic acids is 1. The molecular formula is C10H13BrFNO3. The molecule has 2 N–H and O–H groups in total. The van der Waals surface area contributed by atoms with Gasteiger partial charge in [-0.15, -0.1) is 0 Å². The van der Waals surface area contributed by atoms with E-state index in [0.29, 0.717) is 6.29 Å². The molecule has 1 aromatic rings. The topological polar surface area (TPSA) is 61.5 Å². The second-order valence-corrected chi connectivity index (χ2v) is 3.53. The highest BCUT2D eigenvalue weighted by Crippen LogP contribution is 2.33. The molecule has 0 aliphatic rings. The van der Waals surface area contributed by atoms with Gasteiger partial charge in [-0.05, 0) is 22.0 Å². The van der Waals surface area contributed by atoms with Crippen LogP contribution in [0.2, 0.25) is 0 Å². The normalized spacial score (nSPS) is 9.06. The lowest BCUT2D eigenvalue weighted by molar-refractivity contribution is 0.112. The number of rotatable bonds is 2. The minimum Gasteiger partial charge on any atom is -0.495 e. The van der Waals surface area contributed by atoms with Gasteiger partial charge in [-0.25, -0.2) is 4.39 Å². The smallest absolute Gasteiger partial charge is 0.164 e. The number of anilines is 1. The summed E-state index contributed by atoms with van der Waals surface area (Å²) in [5.74, 6) is -0.435. The highest BCUT2D eigenvalue weighted by atomic mass is 79.9. The predicted octanol–water partition coefficient (Wildman–Crippen LogP) is 2.25. The molecule has 0 radical (unpaired) electrons. The van der Waals surface area contributed by atoms with E-state index in [2.05, 4.69) is 20.7 Å². The molecule has 0 aromatic heterocycles. The van der Waals surface area contributed by atoms with Gasteiger partial charge in [0.2, 0.25) is 0 Å². The van der Waals surface area contributed by atoms with Crippen molar-refractivity contribution in [1.82, 2.24) is 0 Å². The number of nitrogens with two attached hydrogens (primary N) is 1. The van der Waals surface area contributed by atoms with E-state index in [1.165, 1.54) is 13.2 Å². The van der Waals surface area contributed by atoms with Crippen molar-refractivity contribution in [3.8, 4) is 5.75 Å². The molecular weight excluding hydrogens is 281 g/mol. The fourth-order valence-corrected chi connectivity index (χ4v) is 1.37. The molecule has 0 saturated heterocycles. The Balaban J connectivity index is 0.000000673. The lowest BCUT2D eigenvalue weighted by Gasteiger charge is -2.07. The quantitative estimate of drug-likeness (QED) is 0.671. The van der Waals surface area contributed by atoms with Crippen LogP contribution < -0.4 is 10.5 Å². The number of methoxy groups -OCH3 is 2. The molecule has 0 spiro atoms. The average molecular weight is 294 g/mol.